The molecule has 0 spiro atoms. The molecule has 1 amide bonds. The molecule has 1 aliphatic heterocycles. The molecular formula is C16H20N4O3S. The van der Waals surface area contributed by atoms with Gasteiger partial charge in [-0.2, -0.15) is 16.9 Å². The van der Waals surface area contributed by atoms with E-state index in [0.717, 1.165) is 11.5 Å². The topological polar surface area (TPSA) is 97.1 Å². The number of amides is 1. The summed E-state index contributed by atoms with van der Waals surface area (Å²) in [7, 11) is 1.78. The van der Waals surface area contributed by atoms with Crippen LogP contribution in [-0.4, -0.2) is 48.8 Å². The number of hydrogen-bond acceptors (Lipinski definition) is 5. The van der Waals surface area contributed by atoms with Crippen molar-refractivity contribution in [2.24, 2.45) is 7.05 Å². The Morgan fingerprint density at radius 2 is 2.00 bits per heavy atom. The molecule has 1 saturated heterocycles. The number of thioether (sulfide) groups is 1. The maximum Gasteiger partial charge on any atom is 0.329 e. The summed E-state index contributed by atoms with van der Waals surface area (Å²) >= 11 is 1.71. The number of carboxylic acid groups (broad SMARTS) is 1. The number of nitrogens with one attached hydrogen (secondary N) is 1. The number of pyridine rings is 1. The molecule has 0 aliphatic carbocycles. The highest BCUT2D eigenvalue weighted by atomic mass is 32.2. The molecule has 3 rings (SSSR count). The highest BCUT2D eigenvalue weighted by Gasteiger charge is 2.41. The minimum atomic E-state index is -1.19. The Labute approximate surface area is 143 Å². The Balaban J connectivity index is 2.04. The first-order valence-electron chi connectivity index (χ1n) is 7.79. The third kappa shape index (κ3) is 2.75. The van der Waals surface area contributed by atoms with Crippen LogP contribution in [0.15, 0.2) is 6.07 Å². The number of rotatable bonds is 3. The number of carboxylic acids is 1. The predicted molar refractivity (Wildman–Crippen MR) is 92.4 cm³/mol. The van der Waals surface area contributed by atoms with E-state index in [0.29, 0.717) is 40.8 Å². The lowest BCUT2D eigenvalue weighted by atomic mass is 9.91. The fraction of sp³-hybridized carbons (Fsp3) is 0.500. The van der Waals surface area contributed by atoms with E-state index in [1.54, 1.807) is 29.6 Å². The molecule has 2 aromatic heterocycles. The molecule has 128 valence electrons. The Hall–Kier alpha value is -2.09. The van der Waals surface area contributed by atoms with E-state index in [2.05, 4.69) is 15.4 Å². The molecule has 0 aromatic carbocycles. The van der Waals surface area contributed by atoms with Crippen molar-refractivity contribution in [3.8, 4) is 0 Å². The zero-order valence-electron chi connectivity index (χ0n) is 13.9. The molecule has 7 nitrogen and oxygen atoms in total. The molecule has 24 heavy (non-hydrogen) atoms. The maximum atomic E-state index is 12.9. The molecule has 0 bridgehead atoms. The van der Waals surface area contributed by atoms with Crippen molar-refractivity contribution < 1.29 is 14.7 Å². The lowest BCUT2D eigenvalue weighted by Crippen LogP contribution is -2.56. The molecule has 2 aromatic rings. The number of aryl methyl sites for hydroxylation is 3. The van der Waals surface area contributed by atoms with Gasteiger partial charge in [0.05, 0.1) is 16.6 Å². The number of fused-ring (bicyclic) bond motifs is 1. The molecule has 0 unspecified atom stereocenters. The summed E-state index contributed by atoms with van der Waals surface area (Å²) in [5, 5.41) is 17.4. The van der Waals surface area contributed by atoms with Gasteiger partial charge in [-0.1, -0.05) is 0 Å². The fourth-order valence-electron chi connectivity index (χ4n) is 3.15. The highest BCUT2D eigenvalue weighted by molar-refractivity contribution is 7.99. The van der Waals surface area contributed by atoms with E-state index in [1.165, 1.54) is 0 Å². The number of aliphatic carboxylic acids is 1. The number of aromatic nitrogens is 3. The lowest BCUT2D eigenvalue weighted by molar-refractivity contribution is -0.144. The van der Waals surface area contributed by atoms with Gasteiger partial charge in [-0.25, -0.2) is 9.78 Å². The Morgan fingerprint density at radius 3 is 2.62 bits per heavy atom. The van der Waals surface area contributed by atoms with Crippen LogP contribution in [0.5, 0.6) is 0 Å². The van der Waals surface area contributed by atoms with Crippen LogP contribution in [0, 0.1) is 13.8 Å². The molecule has 3 heterocycles. The van der Waals surface area contributed by atoms with E-state index >= 15 is 0 Å². The average Bonchev–Trinajstić information content (AvgIpc) is 2.81. The quantitative estimate of drug-likeness (QED) is 0.876. The van der Waals surface area contributed by atoms with Crippen molar-refractivity contribution in [3.05, 3.63) is 23.0 Å². The largest absolute Gasteiger partial charge is 0.480 e. The third-order valence-corrected chi connectivity index (χ3v) is 5.44. The fourth-order valence-corrected chi connectivity index (χ4v) is 4.34. The van der Waals surface area contributed by atoms with Gasteiger partial charge in [0.2, 0.25) is 0 Å². The summed E-state index contributed by atoms with van der Waals surface area (Å²) in [4.78, 5) is 29.1. The third-order valence-electron chi connectivity index (χ3n) is 4.45. The van der Waals surface area contributed by atoms with Crippen molar-refractivity contribution >= 4 is 34.7 Å². The molecule has 8 heteroatoms. The SMILES string of the molecule is Cc1cc(C(=O)NC2(C(=O)O)CCSCC2)c2c(C)nn(C)c2n1. The highest BCUT2D eigenvalue weighted by Crippen LogP contribution is 2.29. The number of hydrogen-bond donors (Lipinski definition) is 2. The Kier molecular flexibility index (Phi) is 4.25. The summed E-state index contributed by atoms with van der Waals surface area (Å²) in [6, 6.07) is 1.69. The van der Waals surface area contributed by atoms with Gasteiger partial charge < -0.3 is 10.4 Å². The molecule has 1 aliphatic rings. The summed E-state index contributed by atoms with van der Waals surface area (Å²) in [6.45, 7) is 3.63. The van der Waals surface area contributed by atoms with Crippen molar-refractivity contribution in [1.82, 2.24) is 20.1 Å². The minimum absolute atomic E-state index is 0.379. The standard InChI is InChI=1S/C16H20N4O3S/c1-9-8-11(12-10(2)19-20(3)13(12)17-9)14(21)18-16(15(22)23)4-6-24-7-5-16/h8H,4-7H2,1-3H3,(H,18,21)(H,22,23). The molecule has 0 saturated carbocycles. The van der Waals surface area contributed by atoms with Crippen LogP contribution in [-0.2, 0) is 11.8 Å². The second-order valence-corrected chi connectivity index (χ2v) is 7.40. The first-order valence-corrected chi connectivity index (χ1v) is 8.94. The van der Waals surface area contributed by atoms with Crippen LogP contribution in [0.25, 0.3) is 11.0 Å². The van der Waals surface area contributed by atoms with E-state index in [4.69, 9.17) is 0 Å². The maximum absolute atomic E-state index is 12.9. The van der Waals surface area contributed by atoms with Gasteiger partial charge in [0.25, 0.3) is 5.91 Å². The first kappa shape index (κ1) is 16.8. The van der Waals surface area contributed by atoms with Gasteiger partial charge in [-0.3, -0.25) is 9.48 Å². The van der Waals surface area contributed by atoms with E-state index in [9.17, 15) is 14.7 Å². The van der Waals surface area contributed by atoms with Crippen molar-refractivity contribution in [2.45, 2.75) is 32.2 Å². The molecule has 2 N–H and O–H groups in total. The summed E-state index contributed by atoms with van der Waals surface area (Å²) < 4.78 is 1.64. The van der Waals surface area contributed by atoms with Crippen molar-refractivity contribution in [3.63, 3.8) is 0 Å². The molecule has 0 radical (unpaired) electrons. The number of carbonyl (C=O) groups excluding carboxylic acids is 1. The normalized spacial score (nSPS) is 17.0. The number of carbonyl (C=O) groups is 2. The van der Waals surface area contributed by atoms with Gasteiger partial charge in [0.15, 0.2) is 5.65 Å². The van der Waals surface area contributed by atoms with Crippen LogP contribution in [0.3, 0.4) is 0 Å². The lowest BCUT2D eigenvalue weighted by Gasteiger charge is -2.33. The second kappa shape index (κ2) is 6.08. The van der Waals surface area contributed by atoms with Crippen LogP contribution >= 0.6 is 11.8 Å². The summed E-state index contributed by atoms with van der Waals surface area (Å²) in [6.07, 6.45) is 0.857. The van der Waals surface area contributed by atoms with Gasteiger partial charge in [0, 0.05) is 12.7 Å². The van der Waals surface area contributed by atoms with Crippen molar-refractivity contribution in [2.75, 3.05) is 11.5 Å². The monoisotopic (exact) mass is 348 g/mol. The van der Waals surface area contributed by atoms with Gasteiger partial charge in [-0.15, -0.1) is 0 Å². The minimum Gasteiger partial charge on any atom is -0.480 e. The second-order valence-electron chi connectivity index (χ2n) is 6.17. The van der Waals surface area contributed by atoms with Crippen molar-refractivity contribution in [1.29, 1.82) is 0 Å². The smallest absolute Gasteiger partial charge is 0.329 e. The van der Waals surface area contributed by atoms with Crippen LogP contribution < -0.4 is 5.32 Å². The van der Waals surface area contributed by atoms with Gasteiger partial charge >= 0.3 is 5.97 Å². The zero-order chi connectivity index (χ0) is 17.5. The van der Waals surface area contributed by atoms with Crippen LogP contribution in [0.4, 0.5) is 0 Å². The molecule has 1 fully saturated rings. The molecular weight excluding hydrogens is 328 g/mol. The van der Waals surface area contributed by atoms with E-state index in [-0.39, 0.29) is 5.91 Å². The summed E-state index contributed by atoms with van der Waals surface area (Å²) in [5.41, 5.74) is 1.26. The van der Waals surface area contributed by atoms with Gasteiger partial charge in [0.1, 0.15) is 5.54 Å². The average molecular weight is 348 g/mol. The number of nitrogens with zero attached hydrogens (tertiary/aromatic N) is 3. The summed E-state index contributed by atoms with van der Waals surface area (Å²) in [5.74, 6) is 0.101. The van der Waals surface area contributed by atoms with Crippen LogP contribution in [0.1, 0.15) is 34.6 Å². The van der Waals surface area contributed by atoms with E-state index in [1.807, 2.05) is 13.8 Å². The predicted octanol–water partition coefficient (Wildman–Crippen LogP) is 1.67. The van der Waals surface area contributed by atoms with Crippen LogP contribution in [0.2, 0.25) is 0 Å². The van der Waals surface area contributed by atoms with Gasteiger partial charge in [-0.05, 0) is 44.3 Å². The Bertz CT molecular complexity index is 824. The van der Waals surface area contributed by atoms with E-state index < -0.39 is 11.5 Å². The zero-order valence-corrected chi connectivity index (χ0v) is 14.7. The Morgan fingerprint density at radius 1 is 1.33 bits per heavy atom. The first-order chi connectivity index (χ1) is 11.3. The molecule has 0 atom stereocenters.